The zero-order chi connectivity index (χ0) is 17.6. The molecule has 0 aliphatic carbocycles. The van der Waals surface area contributed by atoms with Crippen LogP contribution in [0.25, 0.3) is 0 Å². The van der Waals surface area contributed by atoms with E-state index in [1.807, 2.05) is 0 Å². The quantitative estimate of drug-likeness (QED) is 0.881. The normalized spacial score (nSPS) is 14.1. The van der Waals surface area contributed by atoms with Crippen LogP contribution >= 0.6 is 0 Å². The Morgan fingerprint density at radius 3 is 2.60 bits per heavy atom. The largest absolute Gasteiger partial charge is 0.497 e. The van der Waals surface area contributed by atoms with Crippen LogP contribution in [0.4, 0.5) is 11.5 Å². The second-order valence-electron chi connectivity index (χ2n) is 5.38. The number of anilines is 2. The average Bonchev–Trinajstić information content (AvgIpc) is 2.69. The molecule has 0 spiro atoms. The maximum atomic E-state index is 12.4. The van der Waals surface area contributed by atoms with E-state index in [0.717, 1.165) is 18.9 Å². The number of nitrogens with one attached hydrogen (secondary N) is 1. The summed E-state index contributed by atoms with van der Waals surface area (Å²) in [6.07, 6.45) is 3.07. The standard InChI is InChI=1S/C17H20N4O4/c1-23-12-3-4-13(15(9-12)24-2)20-17(22)14-10-19-16(11-18-14)21-5-7-25-8-6-21/h3-4,9-11H,5-8H2,1-2H3,(H,20,22). The summed E-state index contributed by atoms with van der Waals surface area (Å²) in [6, 6.07) is 5.15. The summed E-state index contributed by atoms with van der Waals surface area (Å²) in [6.45, 7) is 2.87. The van der Waals surface area contributed by atoms with Crippen molar-refractivity contribution in [2.45, 2.75) is 0 Å². The Hall–Kier alpha value is -2.87. The van der Waals surface area contributed by atoms with Gasteiger partial charge in [-0.1, -0.05) is 0 Å². The fraction of sp³-hybridized carbons (Fsp3) is 0.353. The number of hydrogen-bond donors (Lipinski definition) is 1. The zero-order valence-electron chi connectivity index (χ0n) is 14.2. The zero-order valence-corrected chi connectivity index (χ0v) is 14.2. The van der Waals surface area contributed by atoms with Gasteiger partial charge in [0, 0.05) is 19.2 Å². The van der Waals surface area contributed by atoms with Gasteiger partial charge in [0.1, 0.15) is 23.0 Å². The highest BCUT2D eigenvalue weighted by Crippen LogP contribution is 2.29. The van der Waals surface area contributed by atoms with Gasteiger partial charge < -0.3 is 24.4 Å². The highest BCUT2D eigenvalue weighted by molar-refractivity contribution is 6.03. The Kier molecular flexibility index (Phi) is 5.30. The number of ether oxygens (including phenoxy) is 3. The van der Waals surface area contributed by atoms with Crippen LogP contribution in [-0.2, 0) is 4.74 Å². The van der Waals surface area contributed by atoms with Crippen molar-refractivity contribution in [3.05, 3.63) is 36.3 Å². The lowest BCUT2D eigenvalue weighted by atomic mass is 10.2. The summed E-state index contributed by atoms with van der Waals surface area (Å²) >= 11 is 0. The molecule has 1 N–H and O–H groups in total. The van der Waals surface area contributed by atoms with Crippen LogP contribution in [-0.4, -0.2) is 56.4 Å². The molecule has 0 bridgehead atoms. The summed E-state index contributed by atoms with van der Waals surface area (Å²) in [5.41, 5.74) is 0.766. The van der Waals surface area contributed by atoms with E-state index < -0.39 is 0 Å². The molecule has 1 fully saturated rings. The highest BCUT2D eigenvalue weighted by atomic mass is 16.5. The van der Waals surface area contributed by atoms with Crippen molar-refractivity contribution < 1.29 is 19.0 Å². The molecule has 0 radical (unpaired) electrons. The van der Waals surface area contributed by atoms with Crippen molar-refractivity contribution in [3.8, 4) is 11.5 Å². The molecule has 1 saturated heterocycles. The second kappa shape index (κ2) is 7.80. The van der Waals surface area contributed by atoms with Crippen LogP contribution < -0.4 is 19.7 Å². The Morgan fingerprint density at radius 2 is 1.96 bits per heavy atom. The summed E-state index contributed by atoms with van der Waals surface area (Å²) in [4.78, 5) is 23.0. The summed E-state index contributed by atoms with van der Waals surface area (Å²) in [7, 11) is 3.10. The molecule has 8 heteroatoms. The van der Waals surface area contributed by atoms with Gasteiger partial charge in [-0.15, -0.1) is 0 Å². The van der Waals surface area contributed by atoms with Gasteiger partial charge >= 0.3 is 0 Å². The molecule has 2 heterocycles. The minimum atomic E-state index is -0.357. The van der Waals surface area contributed by atoms with E-state index in [4.69, 9.17) is 14.2 Å². The number of nitrogens with zero attached hydrogens (tertiary/aromatic N) is 3. The number of carbonyl (C=O) groups excluding carboxylic acids is 1. The number of amides is 1. The first-order chi connectivity index (χ1) is 12.2. The Labute approximate surface area is 145 Å². The molecule has 0 atom stereocenters. The number of methoxy groups -OCH3 is 2. The number of benzene rings is 1. The molecule has 0 saturated carbocycles. The molecule has 1 aliphatic rings. The summed E-state index contributed by atoms with van der Waals surface area (Å²) in [5, 5.41) is 2.77. The molecule has 132 valence electrons. The fourth-order valence-corrected chi connectivity index (χ4v) is 2.48. The molecule has 2 aromatic rings. The molecule has 1 amide bonds. The van der Waals surface area contributed by atoms with Gasteiger partial charge in [-0.2, -0.15) is 0 Å². The number of hydrogen-bond acceptors (Lipinski definition) is 7. The molecule has 8 nitrogen and oxygen atoms in total. The Balaban J connectivity index is 1.71. The third kappa shape index (κ3) is 3.97. The first-order valence-electron chi connectivity index (χ1n) is 7.89. The fourth-order valence-electron chi connectivity index (χ4n) is 2.48. The van der Waals surface area contributed by atoms with Gasteiger partial charge in [-0.25, -0.2) is 9.97 Å². The summed E-state index contributed by atoms with van der Waals surface area (Å²) in [5.74, 6) is 1.53. The second-order valence-corrected chi connectivity index (χ2v) is 5.38. The molecule has 1 aliphatic heterocycles. The van der Waals surface area contributed by atoms with E-state index in [2.05, 4.69) is 20.2 Å². The Morgan fingerprint density at radius 1 is 1.16 bits per heavy atom. The van der Waals surface area contributed by atoms with Crippen LogP contribution in [0, 0.1) is 0 Å². The average molecular weight is 344 g/mol. The third-order valence-corrected chi connectivity index (χ3v) is 3.86. The maximum absolute atomic E-state index is 12.4. The van der Waals surface area contributed by atoms with Gasteiger partial charge in [-0.05, 0) is 12.1 Å². The number of aromatic nitrogens is 2. The van der Waals surface area contributed by atoms with Crippen molar-refractivity contribution >= 4 is 17.4 Å². The molecule has 0 unspecified atom stereocenters. The topological polar surface area (TPSA) is 85.8 Å². The SMILES string of the molecule is COc1ccc(NC(=O)c2cnc(N3CCOCC3)cn2)c(OC)c1. The predicted octanol–water partition coefficient (Wildman–Crippen LogP) is 1.58. The highest BCUT2D eigenvalue weighted by Gasteiger charge is 2.15. The van der Waals surface area contributed by atoms with Crippen molar-refractivity contribution in [2.75, 3.05) is 50.7 Å². The van der Waals surface area contributed by atoms with Crippen LogP contribution in [0.1, 0.15) is 10.5 Å². The minimum Gasteiger partial charge on any atom is -0.497 e. The van der Waals surface area contributed by atoms with Crippen LogP contribution in [0.5, 0.6) is 11.5 Å². The number of morpholine rings is 1. The molecule has 3 rings (SSSR count). The van der Waals surface area contributed by atoms with Crippen molar-refractivity contribution in [3.63, 3.8) is 0 Å². The van der Waals surface area contributed by atoms with Gasteiger partial charge in [0.25, 0.3) is 5.91 Å². The molecular weight excluding hydrogens is 324 g/mol. The van der Waals surface area contributed by atoms with Crippen molar-refractivity contribution in [1.29, 1.82) is 0 Å². The van der Waals surface area contributed by atoms with Gasteiger partial charge in [0.2, 0.25) is 0 Å². The summed E-state index contributed by atoms with van der Waals surface area (Å²) < 4.78 is 15.7. The minimum absolute atomic E-state index is 0.231. The smallest absolute Gasteiger partial charge is 0.275 e. The first kappa shape index (κ1) is 17.0. The van der Waals surface area contributed by atoms with E-state index in [-0.39, 0.29) is 11.6 Å². The first-order valence-corrected chi connectivity index (χ1v) is 7.89. The third-order valence-electron chi connectivity index (χ3n) is 3.86. The number of carbonyl (C=O) groups is 1. The lowest BCUT2D eigenvalue weighted by molar-refractivity contribution is 0.102. The van der Waals surface area contributed by atoms with Gasteiger partial charge in [-0.3, -0.25) is 4.79 Å². The van der Waals surface area contributed by atoms with Gasteiger partial charge in [0.05, 0.1) is 45.5 Å². The molecule has 1 aromatic heterocycles. The van der Waals surface area contributed by atoms with Gasteiger partial charge in [0.15, 0.2) is 0 Å². The van der Waals surface area contributed by atoms with Crippen LogP contribution in [0.3, 0.4) is 0 Å². The van der Waals surface area contributed by atoms with Crippen LogP contribution in [0.15, 0.2) is 30.6 Å². The van der Waals surface area contributed by atoms with Crippen molar-refractivity contribution in [2.24, 2.45) is 0 Å². The van der Waals surface area contributed by atoms with E-state index in [9.17, 15) is 4.79 Å². The lowest BCUT2D eigenvalue weighted by Crippen LogP contribution is -2.36. The van der Waals surface area contributed by atoms with E-state index >= 15 is 0 Å². The molecule has 25 heavy (non-hydrogen) atoms. The van der Waals surface area contributed by atoms with E-state index in [1.165, 1.54) is 13.3 Å². The van der Waals surface area contributed by atoms with E-state index in [1.54, 1.807) is 31.5 Å². The van der Waals surface area contributed by atoms with Crippen LogP contribution in [0.2, 0.25) is 0 Å². The maximum Gasteiger partial charge on any atom is 0.275 e. The number of rotatable bonds is 5. The monoisotopic (exact) mass is 344 g/mol. The van der Waals surface area contributed by atoms with E-state index in [0.29, 0.717) is 30.4 Å². The Bertz CT molecular complexity index is 730. The predicted molar refractivity (Wildman–Crippen MR) is 92.6 cm³/mol. The lowest BCUT2D eigenvalue weighted by Gasteiger charge is -2.27. The van der Waals surface area contributed by atoms with Crippen molar-refractivity contribution in [1.82, 2.24) is 9.97 Å². The molecular formula is C17H20N4O4. The molecule has 1 aromatic carbocycles.